The molecule has 0 bridgehead atoms. The minimum absolute atomic E-state index is 0.0299. The average Bonchev–Trinajstić information content (AvgIpc) is 3.52. The number of hydrogen-bond donors (Lipinski definition) is 1. The number of esters is 1. The van der Waals surface area contributed by atoms with E-state index in [1.54, 1.807) is 0 Å². The zero-order chi connectivity index (χ0) is 62.1. The van der Waals surface area contributed by atoms with Crippen LogP contribution in [0.1, 0.15) is 316 Å². The lowest BCUT2D eigenvalue weighted by molar-refractivity contribution is -0.870. The zero-order valence-corrected chi connectivity index (χ0v) is 57.2. The van der Waals surface area contributed by atoms with Gasteiger partial charge in [0.25, 0.3) is 7.82 Å². The Balaban J connectivity index is 5.18. The van der Waals surface area contributed by atoms with Crippen LogP contribution in [0.3, 0.4) is 0 Å². The highest BCUT2D eigenvalue weighted by Gasteiger charge is 2.27. The molecular weight excluding hydrogens is 1070 g/mol. The average molecular weight is 1210 g/mol. The Morgan fingerprint density at radius 1 is 0.424 bits per heavy atom. The molecule has 0 aliphatic carbocycles. The molecule has 0 saturated heterocycles. The first-order valence-corrected chi connectivity index (χ1v) is 37.0. The van der Waals surface area contributed by atoms with Crippen LogP contribution in [-0.4, -0.2) is 69.4 Å². The van der Waals surface area contributed by atoms with Crippen molar-refractivity contribution in [2.24, 2.45) is 0 Å². The smallest absolute Gasteiger partial charge is 0.306 e. The van der Waals surface area contributed by atoms with Gasteiger partial charge in [-0.05, 0) is 109 Å². The Labute approximate surface area is 526 Å². The molecule has 0 heterocycles. The van der Waals surface area contributed by atoms with Crippen molar-refractivity contribution >= 4 is 19.7 Å². The van der Waals surface area contributed by atoms with E-state index < -0.39 is 26.6 Å². The third kappa shape index (κ3) is 65.2. The number of carbonyl (C=O) groups excluding carboxylic acids is 2. The Bertz CT molecular complexity index is 1780. The summed E-state index contributed by atoms with van der Waals surface area (Å²) in [5, 5.41) is 3.04. The van der Waals surface area contributed by atoms with Gasteiger partial charge in [0, 0.05) is 12.8 Å². The fourth-order valence-corrected chi connectivity index (χ4v) is 10.8. The van der Waals surface area contributed by atoms with E-state index in [1.165, 1.54) is 173 Å². The summed E-state index contributed by atoms with van der Waals surface area (Å²) in [6.07, 6.45) is 86.7. The largest absolute Gasteiger partial charge is 0.756 e. The molecule has 0 fully saturated rings. The monoisotopic (exact) mass is 1210 g/mol. The first-order valence-electron chi connectivity index (χ1n) is 35.5. The Morgan fingerprint density at radius 2 is 0.753 bits per heavy atom. The number of phosphoric ester groups is 1. The SMILES string of the molecule is CC/C=C\C/C=C\C/C=C\C/C=C\C/C=C\C/C=C\CCCCCCC(=O)OC(/C=C/CCCCCCCCCCCCC)C(COP(=O)([O-])OCC[N+](C)(C)C)NC(=O)CCCCCCCCCCCCCCC/C=C/CCCCCCCC. The third-order valence-corrected chi connectivity index (χ3v) is 16.5. The second-order valence-electron chi connectivity index (χ2n) is 25.0. The van der Waals surface area contributed by atoms with Gasteiger partial charge in [0.2, 0.25) is 5.91 Å². The highest BCUT2D eigenvalue weighted by atomic mass is 31.2. The third-order valence-electron chi connectivity index (χ3n) is 15.5. The first-order chi connectivity index (χ1) is 41.4. The summed E-state index contributed by atoms with van der Waals surface area (Å²) >= 11 is 0. The second-order valence-corrected chi connectivity index (χ2v) is 26.4. The number of amides is 1. The van der Waals surface area contributed by atoms with Gasteiger partial charge in [0.15, 0.2) is 0 Å². The van der Waals surface area contributed by atoms with Crippen LogP contribution in [0.2, 0.25) is 0 Å². The fourth-order valence-electron chi connectivity index (χ4n) is 10.1. The van der Waals surface area contributed by atoms with Gasteiger partial charge >= 0.3 is 5.97 Å². The van der Waals surface area contributed by atoms with Crippen molar-refractivity contribution in [1.82, 2.24) is 5.32 Å². The maximum Gasteiger partial charge on any atom is 0.306 e. The standard InChI is InChI=1S/C75H135N2O7P/c1-7-10-13-16-19-22-25-28-30-32-34-36-38-40-42-44-46-49-52-55-58-61-64-67-74(78)76-72(71-83-85(80,81)82-70-69-77(4,5)6)73(66-63-60-57-54-51-48-27-24-21-18-15-12-9-3)84-75(79)68-65-62-59-56-53-50-47-45-43-41-39-37-35-33-31-29-26-23-20-17-14-11-8-2/h11,14,20,23,28-31,35,37,41,43,47,50,63,66,72-73H,7-10,12-13,15-19,21-22,24-27,32-34,36,38-40,42,44-46,48-49,51-62,64-65,67-71H2,1-6H3,(H-,76,78,80,81)/b14-11-,23-20-,30-28+,31-29-,37-35-,43-41-,50-47-,66-63+. The molecule has 3 unspecified atom stereocenters. The highest BCUT2D eigenvalue weighted by Crippen LogP contribution is 2.38. The normalized spacial score (nSPS) is 14.1. The van der Waals surface area contributed by atoms with Gasteiger partial charge in [0.1, 0.15) is 19.3 Å². The second kappa shape index (κ2) is 63.9. The van der Waals surface area contributed by atoms with Crippen molar-refractivity contribution in [2.75, 3.05) is 40.9 Å². The van der Waals surface area contributed by atoms with Crippen LogP contribution >= 0.6 is 7.82 Å². The Hall–Kier alpha value is -3.07. The van der Waals surface area contributed by atoms with E-state index in [4.69, 9.17) is 13.8 Å². The van der Waals surface area contributed by atoms with E-state index in [0.29, 0.717) is 23.9 Å². The number of carbonyl (C=O) groups is 2. The van der Waals surface area contributed by atoms with Crippen molar-refractivity contribution in [3.05, 3.63) is 97.2 Å². The van der Waals surface area contributed by atoms with Crippen LogP contribution in [-0.2, 0) is 27.9 Å². The summed E-state index contributed by atoms with van der Waals surface area (Å²) in [6.45, 7) is 6.74. The molecule has 0 rings (SSSR count). The van der Waals surface area contributed by atoms with Crippen LogP contribution in [0.5, 0.6) is 0 Å². The van der Waals surface area contributed by atoms with Crippen LogP contribution in [0.25, 0.3) is 0 Å². The van der Waals surface area contributed by atoms with Crippen molar-refractivity contribution < 1.29 is 37.3 Å². The molecule has 0 aliphatic rings. The van der Waals surface area contributed by atoms with Gasteiger partial charge in [0.05, 0.1) is 33.8 Å². The number of hydrogen-bond acceptors (Lipinski definition) is 7. The van der Waals surface area contributed by atoms with Gasteiger partial charge in [-0.25, -0.2) is 0 Å². The quantitative estimate of drug-likeness (QED) is 0.0212. The number of allylic oxidation sites excluding steroid dienone is 15. The molecule has 1 amide bonds. The molecule has 9 nitrogen and oxygen atoms in total. The summed E-state index contributed by atoms with van der Waals surface area (Å²) in [7, 11) is 1.17. The lowest BCUT2D eigenvalue weighted by Crippen LogP contribution is -2.47. The maximum absolute atomic E-state index is 13.6. The number of rotatable bonds is 64. The number of quaternary nitrogens is 1. The molecule has 0 aromatic heterocycles. The number of ether oxygens (including phenoxy) is 1. The van der Waals surface area contributed by atoms with Gasteiger partial charge in [-0.2, -0.15) is 0 Å². The van der Waals surface area contributed by atoms with Crippen LogP contribution in [0.15, 0.2) is 97.2 Å². The summed E-state index contributed by atoms with van der Waals surface area (Å²) < 4.78 is 30.4. The molecular formula is C75H135N2O7P. The molecule has 85 heavy (non-hydrogen) atoms. The minimum atomic E-state index is -4.72. The molecule has 3 atom stereocenters. The van der Waals surface area contributed by atoms with E-state index in [1.807, 2.05) is 33.3 Å². The van der Waals surface area contributed by atoms with Crippen molar-refractivity contribution in [2.45, 2.75) is 328 Å². The van der Waals surface area contributed by atoms with Crippen molar-refractivity contribution in [3.63, 3.8) is 0 Å². The number of likely N-dealkylation sites (N-methyl/N-ethyl adjacent to an activating group) is 1. The molecule has 0 radical (unpaired) electrons. The molecule has 0 saturated carbocycles. The lowest BCUT2D eigenvalue weighted by Gasteiger charge is -2.30. The van der Waals surface area contributed by atoms with Crippen LogP contribution in [0.4, 0.5) is 0 Å². The highest BCUT2D eigenvalue weighted by molar-refractivity contribution is 7.45. The zero-order valence-electron chi connectivity index (χ0n) is 56.3. The summed E-state index contributed by atoms with van der Waals surface area (Å²) in [4.78, 5) is 40.2. The minimum Gasteiger partial charge on any atom is -0.756 e. The number of phosphoric acid groups is 1. The van der Waals surface area contributed by atoms with E-state index in [9.17, 15) is 19.0 Å². The van der Waals surface area contributed by atoms with E-state index in [2.05, 4.69) is 111 Å². The summed E-state index contributed by atoms with van der Waals surface area (Å²) in [5.41, 5.74) is 0. The van der Waals surface area contributed by atoms with Crippen LogP contribution < -0.4 is 10.2 Å². The molecule has 492 valence electrons. The Kier molecular flexibility index (Phi) is 61.6. The molecule has 0 spiro atoms. The summed E-state index contributed by atoms with van der Waals surface area (Å²) in [5.74, 6) is -0.565. The van der Waals surface area contributed by atoms with Gasteiger partial charge in [-0.1, -0.05) is 292 Å². The van der Waals surface area contributed by atoms with Crippen molar-refractivity contribution in [1.29, 1.82) is 0 Å². The van der Waals surface area contributed by atoms with E-state index in [-0.39, 0.29) is 24.9 Å². The molecule has 0 aliphatic heterocycles. The first kappa shape index (κ1) is 81.9. The number of unbranched alkanes of at least 4 members (excludes halogenated alkanes) is 34. The Morgan fingerprint density at radius 3 is 1.14 bits per heavy atom. The topological polar surface area (TPSA) is 114 Å². The molecule has 10 heteroatoms. The van der Waals surface area contributed by atoms with Gasteiger partial charge in [-0.15, -0.1) is 0 Å². The predicted molar refractivity (Wildman–Crippen MR) is 367 cm³/mol. The summed E-state index contributed by atoms with van der Waals surface area (Å²) in [6, 6.07) is -0.905. The van der Waals surface area contributed by atoms with E-state index >= 15 is 0 Å². The number of nitrogens with one attached hydrogen (secondary N) is 1. The fraction of sp³-hybridized carbons (Fsp3) is 0.760. The molecule has 1 N–H and O–H groups in total. The number of nitrogens with zero attached hydrogens (tertiary/aromatic N) is 1. The molecule has 0 aromatic rings. The van der Waals surface area contributed by atoms with Gasteiger partial charge in [-0.3, -0.25) is 14.2 Å². The predicted octanol–water partition coefficient (Wildman–Crippen LogP) is 22.0. The van der Waals surface area contributed by atoms with Crippen molar-refractivity contribution in [3.8, 4) is 0 Å². The lowest BCUT2D eigenvalue weighted by atomic mass is 10.0. The maximum atomic E-state index is 13.6. The molecule has 0 aromatic carbocycles. The van der Waals surface area contributed by atoms with Crippen LogP contribution in [0, 0.1) is 0 Å². The van der Waals surface area contributed by atoms with Gasteiger partial charge < -0.3 is 28.5 Å². The van der Waals surface area contributed by atoms with E-state index in [0.717, 1.165) is 103 Å².